The fraction of sp³-hybridized carbons (Fsp3) is 0.500. The Hall–Kier alpha value is -1.03. The molecule has 0 spiro atoms. The highest BCUT2D eigenvalue weighted by Gasteiger charge is 2.28. The summed E-state index contributed by atoms with van der Waals surface area (Å²) in [7, 11) is 2.93. The molecule has 0 aliphatic carbocycles. The Balaban J connectivity index is 2.78. The Morgan fingerprint density at radius 1 is 1.80 bits per heavy atom. The Bertz CT molecular complexity index is 187. The van der Waals surface area contributed by atoms with Crippen LogP contribution in [0.2, 0.25) is 0 Å². The van der Waals surface area contributed by atoms with Crippen molar-refractivity contribution in [1.29, 1.82) is 0 Å². The van der Waals surface area contributed by atoms with Crippen LogP contribution in [0.15, 0.2) is 11.8 Å². The molecule has 0 saturated carbocycles. The number of likely N-dealkylation sites (N-methyl/N-ethyl adjacent to an activating group) is 1. The molecule has 1 amide bonds. The topological polar surface area (TPSA) is 49.8 Å². The predicted molar refractivity (Wildman–Crippen MR) is 33.9 cm³/mol. The van der Waals surface area contributed by atoms with Crippen LogP contribution in [0.4, 0.5) is 0 Å². The molecule has 0 aromatic heterocycles. The summed E-state index contributed by atoms with van der Waals surface area (Å²) in [6.45, 7) is 0. The molecule has 1 atom stereocenters. The fourth-order valence-electron chi connectivity index (χ4n) is 0.774. The Morgan fingerprint density at radius 3 is 2.60 bits per heavy atom. The van der Waals surface area contributed by atoms with E-state index >= 15 is 0 Å². The van der Waals surface area contributed by atoms with E-state index < -0.39 is 6.23 Å². The Labute approximate surface area is 58.7 Å². The van der Waals surface area contributed by atoms with Gasteiger partial charge in [0.2, 0.25) is 0 Å². The van der Waals surface area contributed by atoms with Crippen LogP contribution in [0.3, 0.4) is 0 Å². The minimum absolute atomic E-state index is 0.232. The van der Waals surface area contributed by atoms with Crippen LogP contribution < -0.4 is 0 Å². The number of aliphatic hydroxyl groups is 1. The Morgan fingerprint density at radius 2 is 2.40 bits per heavy atom. The summed E-state index contributed by atoms with van der Waals surface area (Å²) in [6, 6.07) is 0. The van der Waals surface area contributed by atoms with Gasteiger partial charge < -0.3 is 14.7 Å². The first-order valence-corrected chi connectivity index (χ1v) is 2.87. The van der Waals surface area contributed by atoms with Crippen LogP contribution in [0.25, 0.3) is 0 Å². The minimum Gasteiger partial charge on any atom is -0.496 e. The van der Waals surface area contributed by atoms with Crippen molar-refractivity contribution in [3.05, 3.63) is 11.8 Å². The second-order valence-electron chi connectivity index (χ2n) is 2.07. The van der Waals surface area contributed by atoms with Crippen LogP contribution in [0.5, 0.6) is 0 Å². The molecule has 1 heterocycles. The lowest BCUT2D eigenvalue weighted by Crippen LogP contribution is -2.31. The van der Waals surface area contributed by atoms with Crippen molar-refractivity contribution in [3.8, 4) is 0 Å². The van der Waals surface area contributed by atoms with Crippen LogP contribution in [-0.2, 0) is 9.53 Å². The Kier molecular flexibility index (Phi) is 1.63. The van der Waals surface area contributed by atoms with Crippen LogP contribution in [0.1, 0.15) is 0 Å². The molecule has 0 bridgehead atoms. The summed E-state index contributed by atoms with van der Waals surface area (Å²) in [5.41, 5.74) is 0. The average Bonchev–Trinajstić information content (AvgIpc) is 2.17. The smallest absolute Gasteiger partial charge is 0.252 e. The number of carbonyl (C=O) groups is 1. The van der Waals surface area contributed by atoms with Gasteiger partial charge in [-0.05, 0) is 0 Å². The van der Waals surface area contributed by atoms with E-state index in [1.807, 2.05) is 0 Å². The van der Waals surface area contributed by atoms with Crippen molar-refractivity contribution >= 4 is 5.91 Å². The molecule has 0 saturated heterocycles. The number of rotatable bonds is 1. The highest BCUT2D eigenvalue weighted by molar-refractivity contribution is 5.90. The predicted octanol–water partition coefficient (Wildman–Crippen LogP) is -0.693. The maximum atomic E-state index is 10.8. The first-order chi connectivity index (χ1) is 4.66. The van der Waals surface area contributed by atoms with E-state index in [9.17, 15) is 4.79 Å². The maximum Gasteiger partial charge on any atom is 0.252 e. The number of ether oxygens (including phenoxy) is 1. The van der Waals surface area contributed by atoms with Gasteiger partial charge in [0.05, 0.1) is 7.11 Å². The molecule has 4 nitrogen and oxygen atoms in total. The zero-order chi connectivity index (χ0) is 7.72. The molecule has 0 fully saturated rings. The van der Waals surface area contributed by atoms with Crippen molar-refractivity contribution in [2.45, 2.75) is 6.23 Å². The highest BCUT2D eigenvalue weighted by Crippen LogP contribution is 2.14. The molecule has 0 aromatic carbocycles. The first kappa shape index (κ1) is 7.08. The number of hydrogen-bond donors (Lipinski definition) is 1. The van der Waals surface area contributed by atoms with E-state index in [1.165, 1.54) is 25.1 Å². The number of amides is 1. The molecule has 1 N–H and O–H groups in total. The molecule has 0 aromatic rings. The molecule has 4 heteroatoms. The van der Waals surface area contributed by atoms with Crippen molar-refractivity contribution < 1.29 is 14.6 Å². The lowest BCUT2D eigenvalue weighted by atomic mass is 10.5. The van der Waals surface area contributed by atoms with Gasteiger partial charge in [-0.15, -0.1) is 0 Å². The van der Waals surface area contributed by atoms with Gasteiger partial charge in [0, 0.05) is 13.1 Å². The molecule has 1 rings (SSSR count). The first-order valence-electron chi connectivity index (χ1n) is 2.87. The SMILES string of the molecule is COC1=CC(=O)N(C)C1O. The van der Waals surface area contributed by atoms with E-state index in [0.717, 1.165) is 0 Å². The van der Waals surface area contributed by atoms with Gasteiger partial charge >= 0.3 is 0 Å². The van der Waals surface area contributed by atoms with Crippen LogP contribution in [-0.4, -0.2) is 36.3 Å². The summed E-state index contributed by atoms with van der Waals surface area (Å²) in [5, 5.41) is 9.14. The minimum atomic E-state index is -0.905. The van der Waals surface area contributed by atoms with E-state index in [1.54, 1.807) is 0 Å². The number of hydrogen-bond acceptors (Lipinski definition) is 3. The van der Waals surface area contributed by atoms with Crippen molar-refractivity contribution in [2.75, 3.05) is 14.2 Å². The van der Waals surface area contributed by atoms with Crippen molar-refractivity contribution in [2.24, 2.45) is 0 Å². The second-order valence-corrected chi connectivity index (χ2v) is 2.07. The third-order valence-corrected chi connectivity index (χ3v) is 1.47. The van der Waals surface area contributed by atoms with Gasteiger partial charge in [-0.1, -0.05) is 0 Å². The molecule has 0 radical (unpaired) electrons. The van der Waals surface area contributed by atoms with Gasteiger partial charge in [0.25, 0.3) is 5.91 Å². The van der Waals surface area contributed by atoms with E-state index in [4.69, 9.17) is 9.84 Å². The van der Waals surface area contributed by atoms with E-state index in [2.05, 4.69) is 0 Å². The molecule has 1 aliphatic rings. The van der Waals surface area contributed by atoms with Crippen molar-refractivity contribution in [1.82, 2.24) is 4.90 Å². The molecule has 10 heavy (non-hydrogen) atoms. The largest absolute Gasteiger partial charge is 0.496 e. The molecular formula is C6H9NO3. The van der Waals surface area contributed by atoms with E-state index in [-0.39, 0.29) is 5.91 Å². The van der Waals surface area contributed by atoms with Crippen LogP contribution in [0, 0.1) is 0 Å². The lowest BCUT2D eigenvalue weighted by molar-refractivity contribution is -0.129. The third kappa shape index (κ3) is 0.863. The number of methoxy groups -OCH3 is 1. The summed E-state index contributed by atoms with van der Waals surface area (Å²) in [5.74, 6) is 0.0665. The average molecular weight is 143 g/mol. The standard InChI is InChI=1S/C6H9NO3/c1-7-5(8)3-4(10-2)6(7)9/h3,6,9H,1-2H3. The summed E-state index contributed by atoms with van der Waals surface area (Å²) in [6.07, 6.45) is 0.363. The van der Waals surface area contributed by atoms with Crippen molar-refractivity contribution in [3.63, 3.8) is 0 Å². The third-order valence-electron chi connectivity index (χ3n) is 1.47. The molecular weight excluding hydrogens is 134 g/mol. The quantitative estimate of drug-likeness (QED) is 0.528. The molecule has 56 valence electrons. The maximum absolute atomic E-state index is 10.8. The number of nitrogens with zero attached hydrogens (tertiary/aromatic N) is 1. The van der Waals surface area contributed by atoms with Gasteiger partial charge in [0.15, 0.2) is 12.0 Å². The molecule has 1 unspecified atom stereocenters. The second kappa shape index (κ2) is 2.30. The van der Waals surface area contributed by atoms with Gasteiger partial charge in [-0.3, -0.25) is 4.79 Å². The fourth-order valence-corrected chi connectivity index (χ4v) is 0.774. The normalized spacial score (nSPS) is 25.1. The molecule has 1 aliphatic heterocycles. The van der Waals surface area contributed by atoms with Gasteiger partial charge in [-0.25, -0.2) is 0 Å². The number of aliphatic hydroxyl groups excluding tert-OH is 1. The lowest BCUT2D eigenvalue weighted by Gasteiger charge is -2.15. The van der Waals surface area contributed by atoms with E-state index in [0.29, 0.717) is 5.76 Å². The zero-order valence-electron chi connectivity index (χ0n) is 5.87. The monoisotopic (exact) mass is 143 g/mol. The highest BCUT2D eigenvalue weighted by atomic mass is 16.5. The zero-order valence-corrected chi connectivity index (χ0v) is 5.87. The summed E-state index contributed by atoms with van der Waals surface area (Å²) < 4.78 is 4.71. The summed E-state index contributed by atoms with van der Waals surface area (Å²) in [4.78, 5) is 12.0. The number of carbonyl (C=O) groups excluding carboxylic acids is 1. The van der Waals surface area contributed by atoms with Gasteiger partial charge in [-0.2, -0.15) is 0 Å². The summed E-state index contributed by atoms with van der Waals surface area (Å²) >= 11 is 0. The van der Waals surface area contributed by atoms with Crippen LogP contribution >= 0.6 is 0 Å². The van der Waals surface area contributed by atoms with Gasteiger partial charge in [0.1, 0.15) is 0 Å².